The second-order valence-corrected chi connectivity index (χ2v) is 5.64. The van der Waals surface area contributed by atoms with E-state index < -0.39 is 6.10 Å². The summed E-state index contributed by atoms with van der Waals surface area (Å²) in [5.74, 6) is 0.264. The van der Waals surface area contributed by atoms with Crippen molar-refractivity contribution in [2.24, 2.45) is 0 Å². The Morgan fingerprint density at radius 2 is 1.74 bits per heavy atom. The van der Waals surface area contributed by atoms with Crippen molar-refractivity contribution in [1.82, 2.24) is 0 Å². The van der Waals surface area contributed by atoms with Gasteiger partial charge in [-0.1, -0.05) is 54.6 Å². The minimum absolute atomic E-state index is 0.106. The van der Waals surface area contributed by atoms with Crippen molar-refractivity contribution in [2.45, 2.75) is 31.5 Å². The average molecular weight is 312 g/mol. The molecule has 2 atom stereocenters. The highest BCUT2D eigenvalue weighted by atomic mass is 16.5. The first-order chi connectivity index (χ1) is 11.2. The summed E-state index contributed by atoms with van der Waals surface area (Å²) in [4.78, 5) is 0. The summed E-state index contributed by atoms with van der Waals surface area (Å²) >= 11 is 0. The van der Waals surface area contributed by atoms with Gasteiger partial charge in [-0.2, -0.15) is 0 Å². The number of hydrogen-bond acceptors (Lipinski definition) is 3. The van der Waals surface area contributed by atoms with Gasteiger partial charge in [-0.25, -0.2) is 0 Å². The molecule has 23 heavy (non-hydrogen) atoms. The maximum absolute atomic E-state index is 10.2. The topological polar surface area (TPSA) is 49.7 Å². The molecular weight excluding hydrogens is 288 g/mol. The third-order valence-corrected chi connectivity index (χ3v) is 3.81. The summed E-state index contributed by atoms with van der Waals surface area (Å²) in [5, 5.41) is 19.5. The molecule has 0 saturated carbocycles. The Hall–Kier alpha value is -2.10. The highest BCUT2D eigenvalue weighted by Gasteiger charge is 2.11. The van der Waals surface area contributed by atoms with Crippen molar-refractivity contribution in [3.05, 3.63) is 71.8 Å². The van der Waals surface area contributed by atoms with Crippen molar-refractivity contribution < 1.29 is 14.9 Å². The Morgan fingerprint density at radius 1 is 1.04 bits per heavy atom. The average Bonchev–Trinajstić information content (AvgIpc) is 2.59. The molecule has 0 heterocycles. The summed E-state index contributed by atoms with van der Waals surface area (Å²) in [6.07, 6.45) is 5.49. The largest absolute Gasteiger partial charge is 0.508 e. The molecule has 0 radical (unpaired) electrons. The van der Waals surface area contributed by atoms with Gasteiger partial charge < -0.3 is 14.9 Å². The fraction of sp³-hybridized carbons (Fsp3) is 0.300. The van der Waals surface area contributed by atoms with Gasteiger partial charge in [-0.05, 0) is 36.1 Å². The van der Waals surface area contributed by atoms with Crippen LogP contribution in [0.15, 0.2) is 60.7 Å². The number of phenols is 1. The van der Waals surface area contributed by atoms with E-state index in [2.05, 4.69) is 0 Å². The monoisotopic (exact) mass is 312 g/mol. The van der Waals surface area contributed by atoms with Gasteiger partial charge in [0.25, 0.3) is 0 Å². The molecule has 0 bridgehead atoms. The molecule has 0 aromatic heterocycles. The molecule has 0 saturated heterocycles. The van der Waals surface area contributed by atoms with Crippen LogP contribution in [0.5, 0.6) is 5.75 Å². The molecule has 0 aliphatic rings. The number of methoxy groups -OCH3 is 1. The van der Waals surface area contributed by atoms with E-state index in [1.807, 2.05) is 54.6 Å². The third kappa shape index (κ3) is 6.27. The van der Waals surface area contributed by atoms with Crippen LogP contribution in [0.2, 0.25) is 0 Å². The first-order valence-electron chi connectivity index (χ1n) is 7.89. The maximum Gasteiger partial charge on any atom is 0.115 e. The van der Waals surface area contributed by atoms with E-state index in [-0.39, 0.29) is 11.9 Å². The number of aryl methyl sites for hydroxylation is 1. The normalized spacial score (nSPS) is 14.0. The SMILES string of the molecule is CO[C@@H](/C=C/c1ccccc1)C[C@@H](O)CCc1ccc(O)cc1. The lowest BCUT2D eigenvalue weighted by molar-refractivity contribution is 0.0685. The quantitative estimate of drug-likeness (QED) is 0.779. The second-order valence-electron chi connectivity index (χ2n) is 5.64. The van der Waals surface area contributed by atoms with Crippen molar-refractivity contribution >= 4 is 6.08 Å². The van der Waals surface area contributed by atoms with Crippen LogP contribution in [-0.4, -0.2) is 29.5 Å². The van der Waals surface area contributed by atoms with Crippen LogP contribution in [0.25, 0.3) is 6.08 Å². The molecule has 122 valence electrons. The molecule has 2 rings (SSSR count). The van der Waals surface area contributed by atoms with Crippen LogP contribution in [0.3, 0.4) is 0 Å². The van der Waals surface area contributed by atoms with Gasteiger partial charge in [0.2, 0.25) is 0 Å². The molecular formula is C20H24O3. The minimum atomic E-state index is -0.422. The van der Waals surface area contributed by atoms with Gasteiger partial charge in [0.15, 0.2) is 0 Å². The van der Waals surface area contributed by atoms with Crippen molar-refractivity contribution in [1.29, 1.82) is 0 Å². The Bertz CT molecular complexity index is 590. The minimum Gasteiger partial charge on any atom is -0.508 e. The lowest BCUT2D eigenvalue weighted by Gasteiger charge is -2.16. The predicted molar refractivity (Wildman–Crippen MR) is 93.3 cm³/mol. The van der Waals surface area contributed by atoms with E-state index >= 15 is 0 Å². The summed E-state index contributed by atoms with van der Waals surface area (Å²) in [6.45, 7) is 0. The van der Waals surface area contributed by atoms with E-state index in [1.54, 1.807) is 19.2 Å². The second kappa shape index (κ2) is 9.13. The zero-order valence-electron chi connectivity index (χ0n) is 13.4. The summed E-state index contributed by atoms with van der Waals surface area (Å²) < 4.78 is 5.43. The summed E-state index contributed by atoms with van der Waals surface area (Å²) in [5.41, 5.74) is 2.23. The van der Waals surface area contributed by atoms with E-state index in [9.17, 15) is 10.2 Å². The number of ether oxygens (including phenoxy) is 1. The Labute approximate surface area is 137 Å². The van der Waals surface area contributed by atoms with E-state index in [1.165, 1.54) is 0 Å². The van der Waals surface area contributed by atoms with Crippen LogP contribution in [0.4, 0.5) is 0 Å². The molecule has 0 fully saturated rings. The molecule has 2 N–H and O–H groups in total. The lowest BCUT2D eigenvalue weighted by atomic mass is 10.0. The zero-order chi connectivity index (χ0) is 16.5. The predicted octanol–water partition coefficient (Wildman–Crippen LogP) is 3.80. The van der Waals surface area contributed by atoms with Gasteiger partial charge in [0.1, 0.15) is 5.75 Å². The van der Waals surface area contributed by atoms with Crippen LogP contribution >= 0.6 is 0 Å². The number of phenolic OH excluding ortho intramolecular Hbond substituents is 1. The smallest absolute Gasteiger partial charge is 0.115 e. The molecule has 0 amide bonds. The first-order valence-corrected chi connectivity index (χ1v) is 7.89. The molecule has 2 aromatic carbocycles. The fourth-order valence-corrected chi connectivity index (χ4v) is 2.42. The van der Waals surface area contributed by atoms with E-state index in [0.29, 0.717) is 12.8 Å². The van der Waals surface area contributed by atoms with Gasteiger partial charge in [-0.3, -0.25) is 0 Å². The highest BCUT2D eigenvalue weighted by Crippen LogP contribution is 2.15. The molecule has 0 unspecified atom stereocenters. The highest BCUT2D eigenvalue weighted by molar-refractivity contribution is 5.49. The van der Waals surface area contributed by atoms with Crippen LogP contribution < -0.4 is 0 Å². The van der Waals surface area contributed by atoms with Gasteiger partial charge >= 0.3 is 0 Å². The number of aliphatic hydroxyl groups excluding tert-OH is 1. The standard InChI is InChI=1S/C20H24O3/c1-23-20(14-10-16-5-3-2-4-6-16)15-19(22)13-9-17-7-11-18(21)12-8-17/h2-8,10-12,14,19-22H,9,13,15H2,1H3/b14-10+/t19-,20-/m0/s1. The molecule has 3 heteroatoms. The fourth-order valence-electron chi connectivity index (χ4n) is 2.42. The Morgan fingerprint density at radius 3 is 2.39 bits per heavy atom. The summed E-state index contributed by atoms with van der Waals surface area (Å²) in [7, 11) is 1.66. The van der Waals surface area contributed by atoms with Crippen LogP contribution in [0.1, 0.15) is 24.0 Å². The van der Waals surface area contributed by atoms with Crippen LogP contribution in [0, 0.1) is 0 Å². The zero-order valence-corrected chi connectivity index (χ0v) is 13.4. The number of benzene rings is 2. The van der Waals surface area contributed by atoms with Gasteiger partial charge in [0, 0.05) is 13.5 Å². The van der Waals surface area contributed by atoms with Crippen molar-refractivity contribution in [3.8, 4) is 5.75 Å². The van der Waals surface area contributed by atoms with Gasteiger partial charge in [-0.15, -0.1) is 0 Å². The molecule has 0 aliphatic carbocycles. The first kappa shape index (κ1) is 17.3. The third-order valence-electron chi connectivity index (χ3n) is 3.81. The molecule has 2 aromatic rings. The number of aliphatic hydroxyl groups is 1. The van der Waals surface area contributed by atoms with Crippen LogP contribution in [-0.2, 0) is 11.2 Å². The number of aromatic hydroxyl groups is 1. The van der Waals surface area contributed by atoms with Crippen molar-refractivity contribution in [2.75, 3.05) is 7.11 Å². The molecule has 0 aliphatic heterocycles. The lowest BCUT2D eigenvalue weighted by Crippen LogP contribution is -2.18. The van der Waals surface area contributed by atoms with E-state index in [4.69, 9.17) is 4.74 Å². The molecule has 0 spiro atoms. The van der Waals surface area contributed by atoms with E-state index in [0.717, 1.165) is 17.5 Å². The van der Waals surface area contributed by atoms with Gasteiger partial charge in [0.05, 0.1) is 12.2 Å². The number of rotatable bonds is 8. The number of hydrogen-bond donors (Lipinski definition) is 2. The Kier molecular flexibility index (Phi) is 6.85. The molecule has 3 nitrogen and oxygen atoms in total. The maximum atomic E-state index is 10.2. The van der Waals surface area contributed by atoms with Crippen molar-refractivity contribution in [3.63, 3.8) is 0 Å². The summed E-state index contributed by atoms with van der Waals surface area (Å²) in [6, 6.07) is 17.1. The Balaban J connectivity index is 1.81.